The van der Waals surface area contributed by atoms with E-state index in [9.17, 15) is 4.79 Å². The molecule has 0 amide bonds. The Hall–Kier alpha value is -2.02. The Bertz CT molecular complexity index is 1280. The molecule has 0 bridgehead atoms. The number of rotatable bonds is 3. The van der Waals surface area contributed by atoms with Crippen LogP contribution in [0, 0.1) is 0 Å². The molecule has 0 N–H and O–H groups in total. The van der Waals surface area contributed by atoms with Crippen molar-refractivity contribution in [3.05, 3.63) is 102 Å². The second-order valence-corrected chi connectivity index (χ2v) is 8.80. The van der Waals surface area contributed by atoms with Gasteiger partial charge in [0, 0.05) is 13.4 Å². The second-order valence-electron chi connectivity index (χ2n) is 6.11. The lowest BCUT2D eigenvalue weighted by Gasteiger charge is -2.13. The largest absolute Gasteiger partial charge is 0.268 e. The topological polar surface area (TPSA) is 34.9 Å². The van der Waals surface area contributed by atoms with E-state index in [0.29, 0.717) is 16.7 Å². The summed E-state index contributed by atoms with van der Waals surface area (Å²) in [5, 5.41) is 0.578. The fourth-order valence-electron chi connectivity index (χ4n) is 2.93. The van der Waals surface area contributed by atoms with Crippen molar-refractivity contribution < 1.29 is 0 Å². The van der Waals surface area contributed by atoms with E-state index in [0.717, 1.165) is 24.7 Å². The van der Waals surface area contributed by atoms with Gasteiger partial charge in [0.15, 0.2) is 0 Å². The Morgan fingerprint density at radius 1 is 0.821 bits per heavy atom. The standard InChI is InChI=1S/C22H13Br3N2O/c23-15-5-3-4-14(12-15)8-11-21-26-19-7-2-1-6-17(19)22(28)27(21)20-13-16(24)9-10-18(20)25/h1-13H. The minimum atomic E-state index is -0.113. The zero-order chi connectivity index (χ0) is 19.7. The summed E-state index contributed by atoms with van der Waals surface area (Å²) in [6.45, 7) is 0. The molecule has 0 radical (unpaired) electrons. The van der Waals surface area contributed by atoms with Crippen molar-refractivity contribution in [1.82, 2.24) is 9.55 Å². The quantitative estimate of drug-likeness (QED) is 0.275. The van der Waals surface area contributed by atoms with Crippen molar-refractivity contribution in [2.24, 2.45) is 0 Å². The van der Waals surface area contributed by atoms with Crippen molar-refractivity contribution in [2.45, 2.75) is 0 Å². The van der Waals surface area contributed by atoms with Crippen LogP contribution in [0.5, 0.6) is 0 Å². The summed E-state index contributed by atoms with van der Waals surface area (Å²) < 4.78 is 4.32. The third kappa shape index (κ3) is 3.90. The van der Waals surface area contributed by atoms with E-state index in [2.05, 4.69) is 47.8 Å². The molecule has 1 heterocycles. The Balaban J connectivity index is 1.99. The van der Waals surface area contributed by atoms with Crippen molar-refractivity contribution >= 4 is 70.8 Å². The smallest absolute Gasteiger partial charge is 0.266 e. The fourth-order valence-corrected chi connectivity index (χ4v) is 4.12. The van der Waals surface area contributed by atoms with E-state index < -0.39 is 0 Å². The summed E-state index contributed by atoms with van der Waals surface area (Å²) in [6, 6.07) is 21.1. The van der Waals surface area contributed by atoms with Crippen LogP contribution in [0.25, 0.3) is 28.7 Å². The number of fused-ring (bicyclic) bond motifs is 1. The normalized spacial score (nSPS) is 11.4. The number of hydrogen-bond acceptors (Lipinski definition) is 2. The molecule has 28 heavy (non-hydrogen) atoms. The van der Waals surface area contributed by atoms with E-state index >= 15 is 0 Å². The molecule has 0 aliphatic rings. The molecule has 0 fully saturated rings. The molecule has 6 heteroatoms. The third-order valence-electron chi connectivity index (χ3n) is 4.22. The molecule has 0 atom stereocenters. The molecular formula is C22H13Br3N2O. The lowest BCUT2D eigenvalue weighted by molar-refractivity contribution is 0.938. The van der Waals surface area contributed by atoms with Crippen LogP contribution in [0.2, 0.25) is 0 Å². The van der Waals surface area contributed by atoms with E-state index in [1.54, 1.807) is 10.6 Å². The highest BCUT2D eigenvalue weighted by molar-refractivity contribution is 9.11. The van der Waals surface area contributed by atoms with Crippen LogP contribution in [-0.2, 0) is 0 Å². The number of nitrogens with zero attached hydrogens (tertiary/aromatic N) is 2. The van der Waals surface area contributed by atoms with Gasteiger partial charge in [0.2, 0.25) is 0 Å². The molecule has 0 aliphatic carbocycles. The second kappa shape index (κ2) is 8.15. The predicted molar refractivity (Wildman–Crippen MR) is 126 cm³/mol. The Morgan fingerprint density at radius 3 is 2.43 bits per heavy atom. The first-order valence-electron chi connectivity index (χ1n) is 8.44. The molecule has 0 aliphatic heterocycles. The molecule has 3 nitrogen and oxygen atoms in total. The van der Waals surface area contributed by atoms with Crippen LogP contribution in [-0.4, -0.2) is 9.55 Å². The summed E-state index contributed by atoms with van der Waals surface area (Å²) in [6.07, 6.45) is 3.81. The van der Waals surface area contributed by atoms with Crippen LogP contribution in [0.1, 0.15) is 11.4 Å². The van der Waals surface area contributed by atoms with Gasteiger partial charge in [0.25, 0.3) is 5.56 Å². The van der Waals surface area contributed by atoms with Crippen LogP contribution >= 0.6 is 47.8 Å². The van der Waals surface area contributed by atoms with Gasteiger partial charge >= 0.3 is 0 Å². The van der Waals surface area contributed by atoms with Crippen LogP contribution in [0.3, 0.4) is 0 Å². The zero-order valence-electron chi connectivity index (χ0n) is 14.4. The van der Waals surface area contributed by atoms with E-state index in [4.69, 9.17) is 4.98 Å². The molecular weight excluding hydrogens is 548 g/mol. The van der Waals surface area contributed by atoms with E-state index in [1.165, 1.54) is 0 Å². The molecule has 4 rings (SSSR count). The number of benzene rings is 3. The molecule has 138 valence electrons. The lowest BCUT2D eigenvalue weighted by atomic mass is 10.2. The highest BCUT2D eigenvalue weighted by Gasteiger charge is 2.13. The Labute approximate surface area is 187 Å². The highest BCUT2D eigenvalue weighted by atomic mass is 79.9. The first-order chi connectivity index (χ1) is 13.5. The first kappa shape index (κ1) is 19.3. The SMILES string of the molecule is O=c1c2ccccc2nc(C=Cc2cccc(Br)c2)n1-c1cc(Br)ccc1Br. The number of para-hydroxylation sites is 1. The molecule has 4 aromatic rings. The van der Waals surface area contributed by atoms with Crippen molar-refractivity contribution in [3.8, 4) is 5.69 Å². The van der Waals surface area contributed by atoms with Gasteiger partial charge < -0.3 is 0 Å². The van der Waals surface area contributed by atoms with Crippen LogP contribution in [0.15, 0.2) is 84.9 Å². The van der Waals surface area contributed by atoms with Gasteiger partial charge in [-0.05, 0) is 70.0 Å². The Kier molecular flexibility index (Phi) is 5.62. The molecule has 0 saturated carbocycles. The number of aromatic nitrogens is 2. The van der Waals surface area contributed by atoms with Crippen molar-refractivity contribution in [2.75, 3.05) is 0 Å². The molecule has 0 saturated heterocycles. The molecule has 0 unspecified atom stereocenters. The summed E-state index contributed by atoms with van der Waals surface area (Å²) in [5.41, 5.74) is 2.30. The minimum Gasteiger partial charge on any atom is -0.268 e. The number of halogens is 3. The molecule has 0 spiro atoms. The van der Waals surface area contributed by atoms with Gasteiger partial charge in [-0.15, -0.1) is 0 Å². The predicted octanol–water partition coefficient (Wildman–Crippen LogP) is 6.84. The van der Waals surface area contributed by atoms with E-state index in [1.807, 2.05) is 72.8 Å². The maximum Gasteiger partial charge on any atom is 0.266 e. The van der Waals surface area contributed by atoms with Crippen molar-refractivity contribution in [3.63, 3.8) is 0 Å². The third-order valence-corrected chi connectivity index (χ3v) is 5.88. The van der Waals surface area contributed by atoms with Crippen molar-refractivity contribution in [1.29, 1.82) is 0 Å². The highest BCUT2D eigenvalue weighted by Crippen LogP contribution is 2.26. The zero-order valence-corrected chi connectivity index (χ0v) is 19.2. The van der Waals surface area contributed by atoms with Gasteiger partial charge in [-0.3, -0.25) is 9.36 Å². The molecule has 1 aromatic heterocycles. The average molecular weight is 561 g/mol. The summed E-state index contributed by atoms with van der Waals surface area (Å²) in [4.78, 5) is 18.1. The monoisotopic (exact) mass is 558 g/mol. The van der Waals surface area contributed by atoms with Gasteiger partial charge in [-0.25, -0.2) is 4.98 Å². The van der Waals surface area contributed by atoms with E-state index in [-0.39, 0.29) is 5.56 Å². The van der Waals surface area contributed by atoms with Gasteiger partial charge in [-0.2, -0.15) is 0 Å². The fraction of sp³-hybridized carbons (Fsp3) is 0. The molecule has 3 aromatic carbocycles. The minimum absolute atomic E-state index is 0.113. The summed E-state index contributed by atoms with van der Waals surface area (Å²) >= 11 is 10.5. The van der Waals surface area contributed by atoms with Gasteiger partial charge in [0.05, 0.1) is 16.6 Å². The summed E-state index contributed by atoms with van der Waals surface area (Å²) in [5.74, 6) is 0.558. The first-order valence-corrected chi connectivity index (χ1v) is 10.8. The van der Waals surface area contributed by atoms with Gasteiger partial charge in [-0.1, -0.05) is 62.2 Å². The maximum absolute atomic E-state index is 13.3. The summed E-state index contributed by atoms with van der Waals surface area (Å²) in [7, 11) is 0. The van der Waals surface area contributed by atoms with Crippen LogP contribution < -0.4 is 5.56 Å². The van der Waals surface area contributed by atoms with Gasteiger partial charge in [0.1, 0.15) is 5.82 Å². The van der Waals surface area contributed by atoms with Crippen LogP contribution in [0.4, 0.5) is 0 Å². The number of hydrogen-bond donors (Lipinski definition) is 0. The average Bonchev–Trinajstić information content (AvgIpc) is 2.69. The lowest BCUT2D eigenvalue weighted by Crippen LogP contribution is -2.22. The maximum atomic E-state index is 13.3. The Morgan fingerprint density at radius 2 is 1.61 bits per heavy atom.